The van der Waals surface area contributed by atoms with E-state index in [-0.39, 0.29) is 5.91 Å². The first kappa shape index (κ1) is 15.5. The highest BCUT2D eigenvalue weighted by molar-refractivity contribution is 5.86. The summed E-state index contributed by atoms with van der Waals surface area (Å²) in [5.74, 6) is -0.840. The molecule has 0 fully saturated rings. The van der Waals surface area contributed by atoms with Crippen LogP contribution in [0.1, 0.15) is 44.2 Å². The fourth-order valence-electron chi connectivity index (χ4n) is 2.86. The fourth-order valence-corrected chi connectivity index (χ4v) is 2.86. The van der Waals surface area contributed by atoms with Crippen molar-refractivity contribution in [2.45, 2.75) is 51.5 Å². The second-order valence-electron chi connectivity index (χ2n) is 6.12. The van der Waals surface area contributed by atoms with E-state index in [9.17, 15) is 14.7 Å². The highest BCUT2D eigenvalue weighted by Gasteiger charge is 2.33. The van der Waals surface area contributed by atoms with Crippen LogP contribution in [0.4, 0.5) is 0 Å². The number of fused-ring (bicyclic) bond motifs is 1. The maximum atomic E-state index is 12.1. The molecule has 0 aromatic heterocycles. The number of hydrogen-bond donors (Lipinski definition) is 2. The van der Waals surface area contributed by atoms with Gasteiger partial charge < -0.3 is 10.4 Å². The predicted molar refractivity (Wildman–Crippen MR) is 81.0 cm³/mol. The lowest BCUT2D eigenvalue weighted by Gasteiger charge is -2.28. The molecule has 1 aromatic rings. The van der Waals surface area contributed by atoms with Gasteiger partial charge in [0.05, 0.1) is 0 Å². The van der Waals surface area contributed by atoms with E-state index in [2.05, 4.69) is 17.4 Å². The van der Waals surface area contributed by atoms with Crippen LogP contribution in [0, 0.1) is 5.92 Å². The molecular formula is C17H23NO3. The average Bonchev–Trinajstić information content (AvgIpc) is 2.46. The number of carbonyl (C=O) groups is 2. The van der Waals surface area contributed by atoms with Crippen molar-refractivity contribution in [2.75, 3.05) is 0 Å². The molecule has 2 atom stereocenters. The highest BCUT2D eigenvalue weighted by Crippen LogP contribution is 2.27. The van der Waals surface area contributed by atoms with E-state index in [1.165, 1.54) is 11.1 Å². The Morgan fingerprint density at radius 2 is 2.00 bits per heavy atom. The minimum Gasteiger partial charge on any atom is -0.480 e. The zero-order valence-corrected chi connectivity index (χ0v) is 12.7. The molecule has 0 saturated carbocycles. The monoisotopic (exact) mass is 289 g/mol. The van der Waals surface area contributed by atoms with E-state index in [4.69, 9.17) is 0 Å². The van der Waals surface area contributed by atoms with E-state index < -0.39 is 11.5 Å². The van der Waals surface area contributed by atoms with Gasteiger partial charge in [0.15, 0.2) is 0 Å². The molecule has 21 heavy (non-hydrogen) atoms. The first-order valence-electron chi connectivity index (χ1n) is 7.56. The summed E-state index contributed by atoms with van der Waals surface area (Å²) in [7, 11) is 0. The maximum Gasteiger partial charge on any atom is 0.329 e. The predicted octanol–water partition coefficient (Wildman–Crippen LogP) is 2.55. The molecule has 2 rings (SSSR count). The number of nitrogens with one attached hydrogen (secondary N) is 1. The number of benzene rings is 1. The van der Waals surface area contributed by atoms with Crippen molar-refractivity contribution in [3.05, 3.63) is 35.4 Å². The maximum absolute atomic E-state index is 12.1. The average molecular weight is 289 g/mol. The summed E-state index contributed by atoms with van der Waals surface area (Å²) in [6, 6.07) is 8.34. The molecule has 4 heteroatoms. The second-order valence-corrected chi connectivity index (χ2v) is 6.12. The van der Waals surface area contributed by atoms with E-state index in [0.717, 1.165) is 19.3 Å². The zero-order valence-electron chi connectivity index (χ0n) is 12.7. The summed E-state index contributed by atoms with van der Waals surface area (Å²) < 4.78 is 0. The lowest BCUT2D eigenvalue weighted by atomic mass is 9.82. The Kier molecular flexibility index (Phi) is 4.66. The van der Waals surface area contributed by atoms with Gasteiger partial charge in [0.2, 0.25) is 5.91 Å². The lowest BCUT2D eigenvalue weighted by molar-refractivity contribution is -0.147. The van der Waals surface area contributed by atoms with E-state index >= 15 is 0 Å². The Labute approximate surface area is 125 Å². The molecule has 1 amide bonds. The Bertz CT molecular complexity index is 541. The summed E-state index contributed by atoms with van der Waals surface area (Å²) in [5.41, 5.74) is 1.53. The lowest BCUT2D eigenvalue weighted by Crippen LogP contribution is -2.52. The number of amides is 1. The van der Waals surface area contributed by atoms with Crippen LogP contribution in [-0.4, -0.2) is 22.5 Å². The van der Waals surface area contributed by atoms with Gasteiger partial charge in [-0.3, -0.25) is 4.79 Å². The van der Waals surface area contributed by atoms with Crippen LogP contribution in [0.3, 0.4) is 0 Å². The Balaban J connectivity index is 1.94. The molecule has 0 heterocycles. The first-order chi connectivity index (χ1) is 9.94. The summed E-state index contributed by atoms with van der Waals surface area (Å²) in [6.45, 7) is 3.33. The van der Waals surface area contributed by atoms with Gasteiger partial charge in [-0.1, -0.05) is 31.2 Å². The van der Waals surface area contributed by atoms with Crippen LogP contribution < -0.4 is 5.32 Å². The van der Waals surface area contributed by atoms with Crippen LogP contribution in [0.2, 0.25) is 0 Å². The molecule has 0 saturated heterocycles. The van der Waals surface area contributed by atoms with Gasteiger partial charge in [-0.2, -0.15) is 0 Å². The largest absolute Gasteiger partial charge is 0.480 e. The summed E-state index contributed by atoms with van der Waals surface area (Å²) in [6.07, 6.45) is 3.66. The molecule has 0 spiro atoms. The molecule has 4 nitrogen and oxygen atoms in total. The van der Waals surface area contributed by atoms with Crippen LogP contribution in [-0.2, 0) is 22.4 Å². The van der Waals surface area contributed by atoms with Crippen molar-refractivity contribution in [3.8, 4) is 0 Å². The minimum atomic E-state index is -1.16. The highest BCUT2D eigenvalue weighted by atomic mass is 16.4. The SMILES string of the molecule is CCC(C)(NC(=O)CC1CCc2ccccc2C1)C(=O)O. The van der Waals surface area contributed by atoms with Gasteiger partial charge in [0, 0.05) is 6.42 Å². The molecular weight excluding hydrogens is 266 g/mol. The molecule has 114 valence electrons. The van der Waals surface area contributed by atoms with Crippen molar-refractivity contribution in [1.29, 1.82) is 0 Å². The van der Waals surface area contributed by atoms with Gasteiger partial charge in [-0.15, -0.1) is 0 Å². The number of aliphatic carboxylic acids is 1. The topological polar surface area (TPSA) is 66.4 Å². The quantitative estimate of drug-likeness (QED) is 0.875. The number of aryl methyl sites for hydroxylation is 1. The van der Waals surface area contributed by atoms with Crippen molar-refractivity contribution in [3.63, 3.8) is 0 Å². The van der Waals surface area contributed by atoms with Crippen molar-refractivity contribution in [2.24, 2.45) is 5.92 Å². The molecule has 0 bridgehead atoms. The second kappa shape index (κ2) is 6.29. The summed E-state index contributed by atoms with van der Waals surface area (Å²) in [4.78, 5) is 23.4. The van der Waals surface area contributed by atoms with E-state index in [1.54, 1.807) is 13.8 Å². The van der Waals surface area contributed by atoms with Crippen LogP contribution >= 0.6 is 0 Å². The van der Waals surface area contributed by atoms with E-state index in [0.29, 0.717) is 18.8 Å². The molecule has 1 aliphatic rings. The smallest absolute Gasteiger partial charge is 0.329 e. The standard InChI is InChI=1S/C17H23NO3/c1-3-17(2,16(20)21)18-15(19)11-12-8-9-13-6-4-5-7-14(13)10-12/h4-7,12H,3,8-11H2,1-2H3,(H,18,19)(H,20,21). The Morgan fingerprint density at radius 3 is 2.62 bits per heavy atom. The first-order valence-corrected chi connectivity index (χ1v) is 7.56. The van der Waals surface area contributed by atoms with Gasteiger partial charge in [0.25, 0.3) is 0 Å². The third kappa shape index (κ3) is 3.63. The number of carboxylic acid groups (broad SMARTS) is 1. The van der Waals surface area contributed by atoms with Gasteiger partial charge in [-0.05, 0) is 49.7 Å². The zero-order chi connectivity index (χ0) is 15.5. The minimum absolute atomic E-state index is 0.161. The van der Waals surface area contributed by atoms with Crippen molar-refractivity contribution >= 4 is 11.9 Å². The molecule has 0 aliphatic heterocycles. The van der Waals surface area contributed by atoms with E-state index in [1.807, 2.05) is 12.1 Å². The van der Waals surface area contributed by atoms with Crippen LogP contribution in [0.25, 0.3) is 0 Å². The Morgan fingerprint density at radius 1 is 1.33 bits per heavy atom. The van der Waals surface area contributed by atoms with Gasteiger partial charge in [0.1, 0.15) is 5.54 Å². The third-order valence-corrected chi connectivity index (χ3v) is 4.52. The number of carbonyl (C=O) groups excluding carboxylic acids is 1. The van der Waals surface area contributed by atoms with Crippen LogP contribution in [0.5, 0.6) is 0 Å². The third-order valence-electron chi connectivity index (χ3n) is 4.52. The number of hydrogen-bond acceptors (Lipinski definition) is 2. The van der Waals surface area contributed by atoms with Gasteiger partial charge in [-0.25, -0.2) is 4.79 Å². The number of rotatable bonds is 5. The number of carboxylic acids is 1. The molecule has 2 N–H and O–H groups in total. The van der Waals surface area contributed by atoms with Crippen molar-refractivity contribution in [1.82, 2.24) is 5.32 Å². The molecule has 2 unspecified atom stereocenters. The summed E-state index contributed by atoms with van der Waals surface area (Å²) >= 11 is 0. The Hall–Kier alpha value is -1.84. The molecule has 0 radical (unpaired) electrons. The molecule has 1 aromatic carbocycles. The van der Waals surface area contributed by atoms with Gasteiger partial charge >= 0.3 is 5.97 Å². The molecule has 1 aliphatic carbocycles. The fraction of sp³-hybridized carbons (Fsp3) is 0.529. The van der Waals surface area contributed by atoms with Crippen LogP contribution in [0.15, 0.2) is 24.3 Å². The summed E-state index contributed by atoms with van der Waals surface area (Å²) in [5, 5.41) is 11.9. The van der Waals surface area contributed by atoms with Crippen molar-refractivity contribution < 1.29 is 14.7 Å². The normalized spacial score (nSPS) is 20.2.